The molecule has 0 heterocycles. The van der Waals surface area contributed by atoms with E-state index in [4.69, 9.17) is 7.85 Å². The summed E-state index contributed by atoms with van der Waals surface area (Å²) in [5.41, 5.74) is -0.428. The first-order valence-electron chi connectivity index (χ1n) is 4.20. The van der Waals surface area contributed by atoms with Crippen molar-refractivity contribution in [3.63, 3.8) is 0 Å². The quantitative estimate of drug-likeness (QED) is 0.683. The normalized spacial score (nSPS) is 10.3. The number of rotatable bonds is 1. The van der Waals surface area contributed by atoms with Gasteiger partial charge in [0.2, 0.25) is 0 Å². The molecule has 0 aromatic heterocycles. The van der Waals surface area contributed by atoms with Crippen molar-refractivity contribution in [3.05, 3.63) is 42.0 Å². The van der Waals surface area contributed by atoms with E-state index in [1.165, 1.54) is 6.07 Å². The molecule has 0 fully saturated rings. The molecule has 0 atom stereocenters. The summed E-state index contributed by atoms with van der Waals surface area (Å²) in [6, 6.07) is 10.5. The number of fused-ring (bicyclic) bond motifs is 1. The van der Waals surface area contributed by atoms with Crippen LogP contribution >= 0.6 is 0 Å². The van der Waals surface area contributed by atoms with Crippen LogP contribution in [-0.4, -0.2) is 18.6 Å². The van der Waals surface area contributed by atoms with Gasteiger partial charge in [0.15, 0.2) is 7.85 Å². The Morgan fingerprint density at radius 2 is 1.86 bits per heavy atom. The molecule has 0 saturated heterocycles. The fraction of sp³-hybridized carbons (Fsp3) is 0. The molecular weight excluding hydrogens is 175 g/mol. The summed E-state index contributed by atoms with van der Waals surface area (Å²) < 4.78 is 0. The number of carbonyl (C=O) groups is 1. The van der Waals surface area contributed by atoms with Gasteiger partial charge >= 0.3 is 0 Å². The van der Waals surface area contributed by atoms with E-state index in [1.54, 1.807) is 18.2 Å². The van der Waals surface area contributed by atoms with Gasteiger partial charge in [0.25, 0.3) is 0 Å². The van der Waals surface area contributed by atoms with Crippen LogP contribution in [0.15, 0.2) is 36.4 Å². The molecule has 0 aliphatic carbocycles. The van der Waals surface area contributed by atoms with Gasteiger partial charge in [-0.2, -0.15) is 0 Å². The molecule has 1 N–H and O–H groups in total. The molecular formula is C11H7BO2. The summed E-state index contributed by atoms with van der Waals surface area (Å²) in [5, 5.41) is 11.0. The molecule has 0 unspecified atom stereocenters. The second-order valence-corrected chi connectivity index (χ2v) is 3.05. The molecule has 66 valence electrons. The smallest absolute Gasteiger partial charge is 0.175 e. The van der Waals surface area contributed by atoms with Gasteiger partial charge in [0, 0.05) is 0 Å². The van der Waals surface area contributed by atoms with Crippen LogP contribution in [0.5, 0.6) is 5.75 Å². The van der Waals surface area contributed by atoms with Crippen LogP contribution in [0.1, 0.15) is 10.4 Å². The summed E-state index contributed by atoms with van der Waals surface area (Å²) in [6.07, 6.45) is 0. The maximum atomic E-state index is 11.1. The molecule has 0 aliphatic heterocycles. The van der Waals surface area contributed by atoms with Crippen molar-refractivity contribution < 1.29 is 9.90 Å². The Hall–Kier alpha value is -1.77. The third-order valence-corrected chi connectivity index (χ3v) is 2.15. The zero-order valence-corrected chi connectivity index (χ0v) is 7.40. The molecule has 14 heavy (non-hydrogen) atoms. The van der Waals surface area contributed by atoms with Crippen LogP contribution < -0.4 is 0 Å². The van der Waals surface area contributed by atoms with E-state index in [0.29, 0.717) is 5.39 Å². The maximum Gasteiger partial charge on any atom is 0.175 e. The number of hydrogen-bond acceptors (Lipinski definition) is 2. The van der Waals surface area contributed by atoms with Crippen molar-refractivity contribution >= 4 is 24.3 Å². The molecule has 2 rings (SSSR count). The molecule has 0 amide bonds. The highest BCUT2D eigenvalue weighted by molar-refractivity contribution is 6.63. The van der Waals surface area contributed by atoms with Gasteiger partial charge < -0.3 is 9.90 Å². The van der Waals surface area contributed by atoms with E-state index in [2.05, 4.69) is 0 Å². The molecule has 0 saturated carbocycles. The van der Waals surface area contributed by atoms with Crippen LogP contribution in [0, 0.1) is 0 Å². The van der Waals surface area contributed by atoms with Gasteiger partial charge in [-0.25, -0.2) is 0 Å². The second-order valence-electron chi connectivity index (χ2n) is 3.05. The third kappa shape index (κ3) is 1.27. The Morgan fingerprint density at radius 1 is 1.14 bits per heavy atom. The average Bonchev–Trinajstić information content (AvgIpc) is 2.17. The molecule has 0 aliphatic rings. The highest BCUT2D eigenvalue weighted by atomic mass is 16.3. The molecule has 2 aromatic rings. The molecule has 2 nitrogen and oxygen atoms in total. The number of carbonyl (C=O) groups excluding carboxylic acids is 1. The number of phenolic OH excluding ortho intramolecular Hbond substituents is 1. The highest BCUT2D eigenvalue weighted by Crippen LogP contribution is 2.26. The topological polar surface area (TPSA) is 37.3 Å². The zero-order valence-electron chi connectivity index (χ0n) is 7.40. The van der Waals surface area contributed by atoms with Crippen molar-refractivity contribution in [3.8, 4) is 5.75 Å². The number of aromatic hydroxyl groups is 1. The highest BCUT2D eigenvalue weighted by Gasteiger charge is 2.09. The summed E-state index contributed by atoms with van der Waals surface area (Å²) in [5.74, 6) is -0.0730. The minimum atomic E-state index is -0.612. The minimum absolute atomic E-state index is 0.0730. The summed E-state index contributed by atoms with van der Waals surface area (Å²) in [6.45, 7) is 0. The lowest BCUT2D eigenvalue weighted by atomic mass is 9.90. The van der Waals surface area contributed by atoms with E-state index in [-0.39, 0.29) is 11.3 Å². The van der Waals surface area contributed by atoms with E-state index in [9.17, 15) is 9.90 Å². The van der Waals surface area contributed by atoms with Crippen molar-refractivity contribution in [2.24, 2.45) is 0 Å². The van der Waals surface area contributed by atoms with Gasteiger partial charge in [0.05, 0.1) is 5.56 Å². The zero-order chi connectivity index (χ0) is 10.1. The second kappa shape index (κ2) is 3.18. The largest absolute Gasteiger partial charge is 0.507 e. The Balaban J connectivity index is 2.90. The molecule has 0 spiro atoms. The van der Waals surface area contributed by atoms with E-state index in [1.807, 2.05) is 12.1 Å². The van der Waals surface area contributed by atoms with E-state index >= 15 is 0 Å². The van der Waals surface area contributed by atoms with Gasteiger partial charge in [-0.05, 0) is 16.8 Å². The van der Waals surface area contributed by atoms with Crippen molar-refractivity contribution in [2.45, 2.75) is 0 Å². The van der Waals surface area contributed by atoms with Crippen molar-refractivity contribution in [2.75, 3.05) is 0 Å². The minimum Gasteiger partial charge on any atom is -0.507 e. The molecule has 2 radical (unpaired) electrons. The SMILES string of the molecule is [B]C(=O)c1c(O)ccc2ccccc12. The van der Waals surface area contributed by atoms with Crippen molar-refractivity contribution in [1.82, 2.24) is 0 Å². The summed E-state index contributed by atoms with van der Waals surface area (Å²) in [7, 11) is 5.18. The molecule has 0 bridgehead atoms. The standard InChI is InChI=1S/C11H7BO2/c12-11(14)10-8-4-2-1-3-7(8)5-6-9(10)13/h1-6,13H. The van der Waals surface area contributed by atoms with E-state index < -0.39 is 5.68 Å². The third-order valence-electron chi connectivity index (χ3n) is 2.15. The summed E-state index contributed by atoms with van der Waals surface area (Å²) in [4.78, 5) is 11.1. The monoisotopic (exact) mass is 182 g/mol. The summed E-state index contributed by atoms with van der Waals surface area (Å²) >= 11 is 0. The van der Waals surface area contributed by atoms with Gasteiger partial charge in [-0.3, -0.25) is 0 Å². The van der Waals surface area contributed by atoms with Crippen LogP contribution in [0.3, 0.4) is 0 Å². The molecule has 2 aromatic carbocycles. The number of phenols is 1. The predicted molar refractivity (Wildman–Crippen MR) is 55.7 cm³/mol. The average molecular weight is 182 g/mol. The van der Waals surface area contributed by atoms with Gasteiger partial charge in [-0.15, -0.1) is 0 Å². The van der Waals surface area contributed by atoms with Gasteiger partial charge in [-0.1, -0.05) is 30.3 Å². The van der Waals surface area contributed by atoms with Gasteiger partial charge in [0.1, 0.15) is 11.4 Å². The first kappa shape index (κ1) is 8.82. The first-order valence-corrected chi connectivity index (χ1v) is 4.20. The Labute approximate surface area is 82.6 Å². The fourth-order valence-electron chi connectivity index (χ4n) is 1.52. The van der Waals surface area contributed by atoms with Crippen molar-refractivity contribution in [1.29, 1.82) is 0 Å². The first-order chi connectivity index (χ1) is 6.70. The van der Waals surface area contributed by atoms with Crippen LogP contribution in [0.4, 0.5) is 0 Å². The van der Waals surface area contributed by atoms with Crippen LogP contribution in [0.25, 0.3) is 10.8 Å². The Bertz CT molecular complexity index is 506. The van der Waals surface area contributed by atoms with Crippen LogP contribution in [0.2, 0.25) is 0 Å². The number of hydrogen-bond donors (Lipinski definition) is 1. The Morgan fingerprint density at radius 3 is 2.57 bits per heavy atom. The molecule has 3 heteroatoms. The Kier molecular flexibility index (Phi) is 2.00. The van der Waals surface area contributed by atoms with Crippen LogP contribution in [-0.2, 0) is 0 Å². The maximum absolute atomic E-state index is 11.1. The predicted octanol–water partition coefficient (Wildman–Crippen LogP) is 1.85. The lowest BCUT2D eigenvalue weighted by Crippen LogP contribution is -1.98. The number of benzene rings is 2. The lowest BCUT2D eigenvalue weighted by molar-refractivity contribution is 0.108. The van der Waals surface area contributed by atoms with E-state index in [0.717, 1.165) is 5.39 Å². The fourth-order valence-corrected chi connectivity index (χ4v) is 1.52. The lowest BCUT2D eigenvalue weighted by Gasteiger charge is -2.05.